The van der Waals surface area contributed by atoms with E-state index in [9.17, 15) is 9.59 Å². The largest absolute Gasteiger partial charge is 0.478 e. The van der Waals surface area contributed by atoms with Gasteiger partial charge in [0.2, 0.25) is 0 Å². The quantitative estimate of drug-likeness (QED) is 0.683. The number of rotatable bonds is 4. The number of benzene rings is 1. The van der Waals surface area contributed by atoms with Gasteiger partial charge >= 0.3 is 5.97 Å². The summed E-state index contributed by atoms with van der Waals surface area (Å²) in [6.07, 6.45) is 0.597. The van der Waals surface area contributed by atoms with Crippen LogP contribution in [0.25, 0.3) is 0 Å². The maximum Gasteiger partial charge on any atom is 0.336 e. The second-order valence-electron chi connectivity index (χ2n) is 3.48. The minimum atomic E-state index is -1.05. The molecule has 1 atom stereocenters. The van der Waals surface area contributed by atoms with Crippen molar-refractivity contribution in [1.29, 1.82) is 0 Å². The van der Waals surface area contributed by atoms with Gasteiger partial charge in [-0.25, -0.2) is 4.79 Å². The van der Waals surface area contributed by atoms with E-state index in [0.717, 1.165) is 0 Å². The van der Waals surface area contributed by atoms with Crippen molar-refractivity contribution in [3.63, 3.8) is 0 Å². The van der Waals surface area contributed by atoms with Crippen LogP contribution in [0, 0.1) is 0 Å². The number of hydrogen-bond acceptors (Lipinski definition) is 2. The Morgan fingerprint density at radius 3 is 2.50 bits per heavy atom. The highest BCUT2D eigenvalue weighted by molar-refractivity contribution is 9.10. The monoisotopic (exact) mass is 284 g/mol. The number of aryl methyl sites for hydroxylation is 1. The fraction of sp³-hybridized carbons (Fsp3) is 0.333. The van der Waals surface area contributed by atoms with E-state index in [1.54, 1.807) is 25.1 Å². The summed E-state index contributed by atoms with van der Waals surface area (Å²) in [6.45, 7) is 3.56. The molecule has 16 heavy (non-hydrogen) atoms. The summed E-state index contributed by atoms with van der Waals surface area (Å²) in [4.78, 5) is 22.6. The molecule has 0 saturated carbocycles. The Kier molecular flexibility index (Phi) is 4.24. The number of hydrogen-bond donors (Lipinski definition) is 1. The molecule has 4 heteroatoms. The molecule has 0 spiro atoms. The Hall–Kier alpha value is -1.16. The fourth-order valence-electron chi connectivity index (χ4n) is 1.57. The Labute approximate surface area is 103 Å². The molecular weight excluding hydrogens is 272 g/mol. The van der Waals surface area contributed by atoms with E-state index in [0.29, 0.717) is 12.0 Å². The number of Topliss-reactive ketones (excluding diaryl/α,β-unsaturated/α-hetero) is 1. The van der Waals surface area contributed by atoms with Gasteiger partial charge in [0, 0.05) is 5.56 Å². The Morgan fingerprint density at radius 2 is 2.06 bits per heavy atom. The van der Waals surface area contributed by atoms with Crippen LogP contribution in [0.2, 0.25) is 0 Å². The molecule has 0 radical (unpaired) electrons. The first-order chi connectivity index (χ1) is 7.49. The van der Waals surface area contributed by atoms with Crippen molar-refractivity contribution in [2.24, 2.45) is 0 Å². The summed E-state index contributed by atoms with van der Waals surface area (Å²) in [5.41, 5.74) is 1.09. The number of carboxylic acid groups (broad SMARTS) is 1. The molecule has 0 amide bonds. The van der Waals surface area contributed by atoms with Gasteiger partial charge in [0.1, 0.15) is 0 Å². The number of ketones is 1. The molecule has 1 aromatic rings. The van der Waals surface area contributed by atoms with Crippen molar-refractivity contribution < 1.29 is 14.7 Å². The third-order valence-electron chi connectivity index (χ3n) is 2.37. The van der Waals surface area contributed by atoms with Crippen molar-refractivity contribution in [1.82, 2.24) is 0 Å². The summed E-state index contributed by atoms with van der Waals surface area (Å²) >= 11 is 3.16. The molecule has 0 aromatic heterocycles. The van der Waals surface area contributed by atoms with E-state index in [1.165, 1.54) is 0 Å². The molecule has 0 bridgehead atoms. The van der Waals surface area contributed by atoms with Crippen LogP contribution in [0.1, 0.15) is 40.1 Å². The van der Waals surface area contributed by atoms with E-state index >= 15 is 0 Å². The molecule has 0 aliphatic rings. The zero-order valence-corrected chi connectivity index (χ0v) is 10.7. The van der Waals surface area contributed by atoms with Crippen molar-refractivity contribution in [3.05, 3.63) is 34.9 Å². The maximum absolute atomic E-state index is 11.8. The molecule has 0 heterocycles. The van der Waals surface area contributed by atoms with Crippen LogP contribution in [-0.2, 0) is 6.42 Å². The Morgan fingerprint density at radius 1 is 1.44 bits per heavy atom. The average molecular weight is 285 g/mol. The van der Waals surface area contributed by atoms with E-state index in [-0.39, 0.29) is 21.7 Å². The van der Waals surface area contributed by atoms with Gasteiger partial charge in [-0.3, -0.25) is 4.79 Å². The number of carbonyl (C=O) groups excluding carboxylic acids is 1. The van der Waals surface area contributed by atoms with E-state index in [2.05, 4.69) is 15.9 Å². The molecular formula is C12H13BrO3. The predicted octanol–water partition coefficient (Wildman–Crippen LogP) is 2.91. The summed E-state index contributed by atoms with van der Waals surface area (Å²) in [5, 5.41) is 9.14. The van der Waals surface area contributed by atoms with Crippen LogP contribution in [0.5, 0.6) is 0 Å². The highest BCUT2D eigenvalue weighted by Gasteiger charge is 2.21. The second-order valence-corrected chi connectivity index (χ2v) is 4.85. The first kappa shape index (κ1) is 12.9. The molecule has 1 rings (SSSR count). The lowest BCUT2D eigenvalue weighted by molar-refractivity contribution is 0.0691. The predicted molar refractivity (Wildman–Crippen MR) is 65.5 cm³/mol. The minimum absolute atomic E-state index is 0.126. The van der Waals surface area contributed by atoms with Gasteiger partial charge in [-0.1, -0.05) is 41.1 Å². The lowest BCUT2D eigenvalue weighted by atomic mass is 9.96. The summed E-state index contributed by atoms with van der Waals surface area (Å²) in [7, 11) is 0. The van der Waals surface area contributed by atoms with E-state index < -0.39 is 5.97 Å². The molecule has 0 fully saturated rings. The van der Waals surface area contributed by atoms with Crippen LogP contribution in [0.3, 0.4) is 0 Å². The minimum Gasteiger partial charge on any atom is -0.478 e. The SMILES string of the molecule is CCc1cccc(C(=O)C(C)Br)c1C(=O)O. The van der Waals surface area contributed by atoms with Crippen molar-refractivity contribution in [2.75, 3.05) is 0 Å². The molecule has 3 nitrogen and oxygen atoms in total. The number of aromatic carboxylic acids is 1. The standard InChI is InChI=1S/C12H13BrO3/c1-3-8-5-4-6-9(10(8)12(15)16)11(14)7(2)13/h4-7H,3H2,1-2H3,(H,15,16). The molecule has 0 aliphatic carbocycles. The number of carboxylic acids is 1. The van der Waals surface area contributed by atoms with Gasteiger partial charge in [0.25, 0.3) is 0 Å². The average Bonchev–Trinajstić information content (AvgIpc) is 2.26. The molecule has 86 valence electrons. The van der Waals surface area contributed by atoms with Crippen molar-refractivity contribution >= 4 is 27.7 Å². The van der Waals surface area contributed by atoms with Crippen molar-refractivity contribution in [2.45, 2.75) is 25.1 Å². The molecule has 1 unspecified atom stereocenters. The van der Waals surface area contributed by atoms with Crippen LogP contribution >= 0.6 is 15.9 Å². The molecule has 1 N–H and O–H groups in total. The maximum atomic E-state index is 11.8. The van der Waals surface area contributed by atoms with E-state index in [1.807, 2.05) is 6.92 Å². The second kappa shape index (κ2) is 5.25. The molecule has 0 saturated heterocycles. The topological polar surface area (TPSA) is 54.4 Å². The lowest BCUT2D eigenvalue weighted by Gasteiger charge is -2.10. The first-order valence-corrected chi connectivity index (χ1v) is 5.94. The molecule has 0 aliphatic heterocycles. The highest BCUT2D eigenvalue weighted by atomic mass is 79.9. The van der Waals surface area contributed by atoms with Gasteiger partial charge in [-0.2, -0.15) is 0 Å². The summed E-state index contributed by atoms with van der Waals surface area (Å²) in [6, 6.07) is 5.01. The third kappa shape index (κ3) is 2.50. The first-order valence-electron chi connectivity index (χ1n) is 5.02. The lowest BCUT2D eigenvalue weighted by Crippen LogP contribution is -2.16. The van der Waals surface area contributed by atoms with Gasteiger partial charge in [-0.15, -0.1) is 0 Å². The molecule has 1 aromatic carbocycles. The third-order valence-corrected chi connectivity index (χ3v) is 2.79. The van der Waals surface area contributed by atoms with Crippen LogP contribution in [-0.4, -0.2) is 21.7 Å². The van der Waals surface area contributed by atoms with Gasteiger partial charge in [-0.05, 0) is 18.9 Å². The smallest absolute Gasteiger partial charge is 0.336 e. The van der Waals surface area contributed by atoms with Gasteiger partial charge in [0.15, 0.2) is 5.78 Å². The normalized spacial score (nSPS) is 12.2. The summed E-state index contributed by atoms with van der Waals surface area (Å²) < 4.78 is 0. The van der Waals surface area contributed by atoms with Gasteiger partial charge in [0.05, 0.1) is 10.4 Å². The van der Waals surface area contributed by atoms with Crippen molar-refractivity contribution in [3.8, 4) is 0 Å². The Balaban J connectivity index is 3.39. The number of halogens is 1. The van der Waals surface area contributed by atoms with Crippen LogP contribution < -0.4 is 0 Å². The zero-order valence-electron chi connectivity index (χ0n) is 9.16. The fourth-order valence-corrected chi connectivity index (χ4v) is 1.81. The summed E-state index contributed by atoms with van der Waals surface area (Å²) in [5.74, 6) is -1.25. The number of alkyl halides is 1. The highest BCUT2D eigenvalue weighted by Crippen LogP contribution is 2.19. The van der Waals surface area contributed by atoms with Crippen LogP contribution in [0.15, 0.2) is 18.2 Å². The number of carbonyl (C=O) groups is 2. The van der Waals surface area contributed by atoms with Gasteiger partial charge < -0.3 is 5.11 Å². The Bertz CT molecular complexity index is 424. The van der Waals surface area contributed by atoms with E-state index in [4.69, 9.17) is 5.11 Å². The zero-order chi connectivity index (χ0) is 12.3. The van der Waals surface area contributed by atoms with Crippen LogP contribution in [0.4, 0.5) is 0 Å².